The van der Waals surface area contributed by atoms with E-state index in [-0.39, 0.29) is 0 Å². The molecule has 72 valence electrons. The van der Waals surface area contributed by atoms with Gasteiger partial charge in [0.15, 0.2) is 0 Å². The van der Waals surface area contributed by atoms with E-state index in [9.17, 15) is 13.6 Å². The second-order valence-electron chi connectivity index (χ2n) is 2.38. The van der Waals surface area contributed by atoms with E-state index in [2.05, 4.69) is 4.79 Å². The number of carboxylic acids is 1. The first-order valence-electron chi connectivity index (χ1n) is 3.47. The van der Waals surface area contributed by atoms with Crippen molar-refractivity contribution in [2.24, 2.45) is 0 Å². The average Bonchev–Trinajstić information content (AvgIpc) is 2.11. The molecule has 1 aromatic rings. The van der Waals surface area contributed by atoms with E-state index >= 15 is 0 Å². The third-order valence-corrected chi connectivity index (χ3v) is 1.49. The maximum Gasteiger partial charge on any atom is 0.419 e. The second-order valence-corrected chi connectivity index (χ2v) is 2.38. The van der Waals surface area contributed by atoms with Gasteiger partial charge < -0.3 is 10.6 Å². The number of carboxylic acid groups (broad SMARTS) is 1. The minimum Gasteiger partial charge on any atom is -0.472 e. The van der Waals surface area contributed by atoms with Gasteiger partial charge in [-0.25, -0.2) is 13.6 Å². The zero-order valence-corrected chi connectivity index (χ0v) is 6.74. The number of nitrogens with zero attached hydrogens (tertiary/aromatic N) is 2. The molecule has 0 saturated heterocycles. The minimum atomic E-state index is -1.64. The van der Waals surface area contributed by atoms with Crippen LogP contribution in [0, 0.1) is 11.6 Å². The highest BCUT2D eigenvalue weighted by molar-refractivity contribution is 6.40. The largest absolute Gasteiger partial charge is 0.472 e. The Kier molecular flexibility index (Phi) is 2.69. The second kappa shape index (κ2) is 3.76. The number of aliphatic carboxylic acids is 1. The topological polar surface area (TPSA) is 73.7 Å². The highest BCUT2D eigenvalue weighted by Gasteiger charge is 2.25. The predicted molar refractivity (Wildman–Crippen MR) is 41.7 cm³/mol. The quantitative estimate of drug-likeness (QED) is 0.438. The smallest absolute Gasteiger partial charge is 0.419 e. The molecule has 0 fully saturated rings. The van der Waals surface area contributed by atoms with Crippen molar-refractivity contribution in [2.45, 2.75) is 0 Å². The van der Waals surface area contributed by atoms with E-state index in [1.165, 1.54) is 0 Å². The van der Waals surface area contributed by atoms with Gasteiger partial charge in [-0.1, -0.05) is 0 Å². The van der Waals surface area contributed by atoms with Crippen molar-refractivity contribution < 1.29 is 23.5 Å². The summed E-state index contributed by atoms with van der Waals surface area (Å²) >= 11 is 0. The summed E-state index contributed by atoms with van der Waals surface area (Å²) in [4.78, 5) is 12.8. The molecule has 0 unspecified atom stereocenters. The lowest BCUT2D eigenvalue weighted by Gasteiger charge is -1.94. The van der Waals surface area contributed by atoms with Gasteiger partial charge in [0, 0.05) is 0 Å². The van der Waals surface area contributed by atoms with Crippen LogP contribution in [0.15, 0.2) is 18.2 Å². The maximum absolute atomic E-state index is 12.9. The molecule has 1 aromatic carbocycles. The number of rotatable bonds is 2. The van der Waals surface area contributed by atoms with Crippen molar-refractivity contribution in [3.05, 3.63) is 40.9 Å². The Bertz CT molecular complexity index is 439. The Balaban J connectivity index is 3.37. The molecule has 1 N–H and O–H groups in total. The van der Waals surface area contributed by atoms with Crippen molar-refractivity contribution in [3.63, 3.8) is 0 Å². The standard InChI is InChI=1S/C8H4F2N2O2/c9-4-1-2-6(10)5(3-4)7(12-11)8(13)14/h1-3H,(H,13,14). The lowest BCUT2D eigenvalue weighted by atomic mass is 10.1. The summed E-state index contributed by atoms with van der Waals surface area (Å²) in [6, 6.07) is 2.22. The van der Waals surface area contributed by atoms with E-state index in [0.29, 0.717) is 6.07 Å². The van der Waals surface area contributed by atoms with Gasteiger partial charge in [-0.15, -0.1) is 0 Å². The Morgan fingerprint density at radius 1 is 1.43 bits per heavy atom. The van der Waals surface area contributed by atoms with E-state index in [4.69, 9.17) is 10.6 Å². The first-order chi connectivity index (χ1) is 6.56. The number of hydrogen-bond donors (Lipinski definition) is 1. The molecule has 0 aliphatic rings. The Labute approximate surface area is 77.0 Å². The van der Waals surface area contributed by atoms with E-state index in [1.54, 1.807) is 0 Å². The van der Waals surface area contributed by atoms with Crippen LogP contribution in [-0.2, 0) is 4.79 Å². The molecule has 6 heteroatoms. The van der Waals surface area contributed by atoms with Crippen LogP contribution in [-0.4, -0.2) is 21.6 Å². The molecule has 0 bridgehead atoms. The summed E-state index contributed by atoms with van der Waals surface area (Å²) < 4.78 is 25.6. The summed E-state index contributed by atoms with van der Waals surface area (Å²) in [7, 11) is 0. The van der Waals surface area contributed by atoms with Gasteiger partial charge in [0.1, 0.15) is 17.2 Å². The van der Waals surface area contributed by atoms with Crippen LogP contribution in [0.4, 0.5) is 8.78 Å². The number of halogens is 2. The van der Waals surface area contributed by atoms with Gasteiger partial charge in [-0.2, -0.15) is 4.79 Å². The number of hydrogen-bond acceptors (Lipinski definition) is 1. The van der Waals surface area contributed by atoms with E-state index in [0.717, 1.165) is 12.1 Å². The van der Waals surface area contributed by atoms with Crippen LogP contribution in [0.5, 0.6) is 0 Å². The lowest BCUT2D eigenvalue weighted by Crippen LogP contribution is -2.17. The van der Waals surface area contributed by atoms with Gasteiger partial charge in [0.2, 0.25) is 0 Å². The zero-order valence-electron chi connectivity index (χ0n) is 6.74. The Hall–Kier alpha value is -2.07. The fourth-order valence-electron chi connectivity index (χ4n) is 0.891. The SMILES string of the molecule is [N-]=[N+]=C(C(=O)O)c1cc(F)ccc1F. The van der Waals surface area contributed by atoms with Gasteiger partial charge >= 0.3 is 11.7 Å². The van der Waals surface area contributed by atoms with Crippen LogP contribution in [0.1, 0.15) is 5.56 Å². The van der Waals surface area contributed by atoms with Crippen molar-refractivity contribution in [3.8, 4) is 0 Å². The highest BCUT2D eigenvalue weighted by Crippen LogP contribution is 2.09. The van der Waals surface area contributed by atoms with E-state index < -0.39 is 28.9 Å². The molecule has 0 saturated carbocycles. The van der Waals surface area contributed by atoms with Crippen LogP contribution in [0.3, 0.4) is 0 Å². The molecule has 0 aliphatic heterocycles. The van der Waals surface area contributed by atoms with Gasteiger partial charge in [-0.3, -0.25) is 0 Å². The molecule has 0 atom stereocenters. The molecule has 0 spiro atoms. The molecule has 0 radical (unpaired) electrons. The maximum atomic E-state index is 12.9. The van der Waals surface area contributed by atoms with Crippen molar-refractivity contribution in [1.29, 1.82) is 0 Å². The van der Waals surface area contributed by atoms with Crippen molar-refractivity contribution in [1.82, 2.24) is 0 Å². The molecule has 0 amide bonds. The first kappa shape index (κ1) is 10.0. The van der Waals surface area contributed by atoms with Crippen molar-refractivity contribution >= 4 is 11.7 Å². The summed E-state index contributed by atoms with van der Waals surface area (Å²) in [6.07, 6.45) is 0. The highest BCUT2D eigenvalue weighted by atomic mass is 19.1. The minimum absolute atomic E-state index is 0.597. The summed E-state index contributed by atoms with van der Waals surface area (Å²) in [5.74, 6) is -3.43. The van der Waals surface area contributed by atoms with E-state index in [1.807, 2.05) is 0 Å². The predicted octanol–water partition coefficient (Wildman–Crippen LogP) is 1.07. The zero-order chi connectivity index (χ0) is 10.7. The molecule has 0 heterocycles. The molecule has 0 aliphatic carbocycles. The fourth-order valence-corrected chi connectivity index (χ4v) is 0.891. The van der Waals surface area contributed by atoms with Crippen LogP contribution >= 0.6 is 0 Å². The van der Waals surface area contributed by atoms with Crippen LogP contribution < -0.4 is 0 Å². The third-order valence-electron chi connectivity index (χ3n) is 1.49. The first-order valence-corrected chi connectivity index (χ1v) is 3.47. The summed E-state index contributed by atoms with van der Waals surface area (Å²) in [5, 5.41) is 8.46. The molecule has 0 aromatic heterocycles. The van der Waals surface area contributed by atoms with Crippen LogP contribution in [0.2, 0.25) is 0 Å². The monoisotopic (exact) mass is 198 g/mol. The summed E-state index contributed by atoms with van der Waals surface area (Å²) in [5.41, 5.74) is 6.74. The number of benzene rings is 1. The van der Waals surface area contributed by atoms with Crippen LogP contribution in [0.25, 0.3) is 5.53 Å². The van der Waals surface area contributed by atoms with Gasteiger partial charge in [-0.05, 0) is 18.2 Å². The molecular formula is C8H4F2N2O2. The number of carbonyl (C=O) groups is 1. The lowest BCUT2D eigenvalue weighted by molar-refractivity contribution is -0.133. The van der Waals surface area contributed by atoms with Crippen molar-refractivity contribution in [2.75, 3.05) is 0 Å². The fraction of sp³-hybridized carbons (Fsp3) is 0. The average molecular weight is 198 g/mol. The third kappa shape index (κ3) is 1.81. The summed E-state index contributed by atoms with van der Waals surface area (Å²) in [6.45, 7) is 0. The molecule has 4 nitrogen and oxygen atoms in total. The molecule has 1 rings (SSSR count). The molecular weight excluding hydrogens is 194 g/mol. The Morgan fingerprint density at radius 2 is 2.07 bits per heavy atom. The normalized spacial score (nSPS) is 9.29. The van der Waals surface area contributed by atoms with Gasteiger partial charge in [0.05, 0.1) is 0 Å². The Morgan fingerprint density at radius 3 is 2.57 bits per heavy atom. The van der Waals surface area contributed by atoms with Gasteiger partial charge in [0.25, 0.3) is 0 Å². The molecule has 14 heavy (non-hydrogen) atoms.